The molecular weight excluding hydrogens is 243 g/mol. The molecule has 0 saturated carbocycles. The van der Waals surface area contributed by atoms with E-state index < -0.39 is 0 Å². The van der Waals surface area contributed by atoms with E-state index in [0.29, 0.717) is 22.8 Å². The Hall–Kier alpha value is -2.69. The number of pyridine rings is 1. The molecule has 0 unspecified atom stereocenters. The Morgan fingerprint density at radius 2 is 2.00 bits per heavy atom. The van der Waals surface area contributed by atoms with Crippen molar-refractivity contribution >= 4 is 5.69 Å². The Bertz CT molecular complexity index is 706. The van der Waals surface area contributed by atoms with Gasteiger partial charge < -0.3 is 5.73 Å². The van der Waals surface area contributed by atoms with Crippen molar-refractivity contribution in [3.63, 3.8) is 0 Å². The molecule has 0 amide bonds. The van der Waals surface area contributed by atoms with Gasteiger partial charge in [-0.2, -0.15) is 5.10 Å². The van der Waals surface area contributed by atoms with Gasteiger partial charge in [-0.15, -0.1) is 0 Å². The predicted octanol–water partition coefficient (Wildman–Crippen LogP) is 2.66. The van der Waals surface area contributed by atoms with Gasteiger partial charge in [-0.3, -0.25) is 4.98 Å². The third-order valence-corrected chi connectivity index (χ3v) is 2.72. The van der Waals surface area contributed by atoms with Crippen LogP contribution in [0.1, 0.15) is 0 Å². The Morgan fingerprint density at radius 3 is 2.74 bits per heavy atom. The number of anilines is 1. The van der Waals surface area contributed by atoms with Crippen LogP contribution in [0.4, 0.5) is 10.1 Å². The van der Waals surface area contributed by atoms with Crippen molar-refractivity contribution < 1.29 is 4.39 Å². The van der Waals surface area contributed by atoms with Crippen molar-refractivity contribution in [1.29, 1.82) is 0 Å². The van der Waals surface area contributed by atoms with Gasteiger partial charge in [0.1, 0.15) is 11.5 Å². The molecule has 0 atom stereocenters. The molecule has 2 aromatic heterocycles. The van der Waals surface area contributed by atoms with E-state index in [1.165, 1.54) is 12.1 Å². The smallest absolute Gasteiger partial charge is 0.134 e. The summed E-state index contributed by atoms with van der Waals surface area (Å²) in [6.07, 6.45) is 3.33. The summed E-state index contributed by atoms with van der Waals surface area (Å²) in [5.41, 5.74) is 8.33. The molecule has 0 saturated heterocycles. The molecule has 5 heteroatoms. The van der Waals surface area contributed by atoms with Gasteiger partial charge in [0.25, 0.3) is 0 Å². The molecule has 19 heavy (non-hydrogen) atoms. The topological polar surface area (TPSA) is 56.7 Å². The molecule has 0 aliphatic carbocycles. The van der Waals surface area contributed by atoms with Gasteiger partial charge in [-0.05, 0) is 30.3 Å². The molecule has 0 fully saturated rings. The average Bonchev–Trinajstić information content (AvgIpc) is 2.82. The van der Waals surface area contributed by atoms with E-state index in [1.54, 1.807) is 29.2 Å². The minimum Gasteiger partial charge on any atom is -0.396 e. The highest BCUT2D eigenvalue weighted by atomic mass is 19.1. The standard InChI is InChI=1S/C14H11FN4/c15-10-4-3-5-11(8-10)19-9-12(16)14(18-19)13-6-1-2-7-17-13/h1-9H,16H2. The quantitative estimate of drug-likeness (QED) is 0.764. The van der Waals surface area contributed by atoms with Gasteiger partial charge >= 0.3 is 0 Å². The van der Waals surface area contributed by atoms with Crippen LogP contribution in [0, 0.1) is 5.82 Å². The van der Waals surface area contributed by atoms with E-state index in [2.05, 4.69) is 10.1 Å². The first-order valence-electron chi connectivity index (χ1n) is 5.76. The number of aromatic nitrogens is 3. The summed E-state index contributed by atoms with van der Waals surface area (Å²) in [6.45, 7) is 0. The van der Waals surface area contributed by atoms with Crippen molar-refractivity contribution in [3.05, 3.63) is 60.7 Å². The van der Waals surface area contributed by atoms with E-state index in [9.17, 15) is 4.39 Å². The fourth-order valence-electron chi connectivity index (χ4n) is 1.84. The first-order chi connectivity index (χ1) is 9.24. The maximum atomic E-state index is 13.2. The average molecular weight is 254 g/mol. The highest BCUT2D eigenvalue weighted by Gasteiger charge is 2.10. The summed E-state index contributed by atoms with van der Waals surface area (Å²) in [4.78, 5) is 4.20. The van der Waals surface area contributed by atoms with Gasteiger partial charge in [0.2, 0.25) is 0 Å². The van der Waals surface area contributed by atoms with Crippen LogP contribution in [0.25, 0.3) is 17.1 Å². The zero-order valence-corrected chi connectivity index (χ0v) is 9.99. The lowest BCUT2D eigenvalue weighted by molar-refractivity contribution is 0.625. The van der Waals surface area contributed by atoms with Crippen molar-refractivity contribution in [2.45, 2.75) is 0 Å². The molecule has 2 heterocycles. The molecule has 0 aliphatic heterocycles. The lowest BCUT2D eigenvalue weighted by atomic mass is 10.2. The van der Waals surface area contributed by atoms with E-state index in [-0.39, 0.29) is 5.82 Å². The third kappa shape index (κ3) is 2.18. The maximum Gasteiger partial charge on any atom is 0.134 e. The second-order valence-corrected chi connectivity index (χ2v) is 4.07. The van der Waals surface area contributed by atoms with Crippen LogP contribution in [0.5, 0.6) is 0 Å². The van der Waals surface area contributed by atoms with Gasteiger partial charge in [0.15, 0.2) is 0 Å². The fourth-order valence-corrected chi connectivity index (χ4v) is 1.84. The van der Waals surface area contributed by atoms with Crippen LogP contribution >= 0.6 is 0 Å². The molecular formula is C14H11FN4. The zero-order chi connectivity index (χ0) is 13.2. The zero-order valence-electron chi connectivity index (χ0n) is 9.99. The molecule has 0 spiro atoms. The second-order valence-electron chi connectivity index (χ2n) is 4.07. The van der Waals surface area contributed by atoms with Crippen molar-refractivity contribution in [3.8, 4) is 17.1 Å². The Morgan fingerprint density at radius 1 is 1.11 bits per heavy atom. The van der Waals surface area contributed by atoms with Gasteiger partial charge in [0.05, 0.1) is 23.3 Å². The van der Waals surface area contributed by atoms with Crippen LogP contribution in [-0.2, 0) is 0 Å². The van der Waals surface area contributed by atoms with Gasteiger partial charge in [0, 0.05) is 6.20 Å². The molecule has 4 nitrogen and oxygen atoms in total. The highest BCUT2D eigenvalue weighted by molar-refractivity contribution is 5.69. The molecule has 0 aliphatic rings. The number of hydrogen-bond donors (Lipinski definition) is 1. The Labute approximate surface area is 109 Å². The molecule has 1 aromatic carbocycles. The van der Waals surface area contributed by atoms with Gasteiger partial charge in [-0.1, -0.05) is 12.1 Å². The predicted molar refractivity (Wildman–Crippen MR) is 71.2 cm³/mol. The summed E-state index contributed by atoms with van der Waals surface area (Å²) in [7, 11) is 0. The molecule has 94 valence electrons. The normalized spacial score (nSPS) is 10.6. The number of nitrogens with two attached hydrogens (primary N) is 1. The van der Waals surface area contributed by atoms with E-state index in [4.69, 9.17) is 5.73 Å². The number of halogens is 1. The monoisotopic (exact) mass is 254 g/mol. The molecule has 0 radical (unpaired) electrons. The van der Waals surface area contributed by atoms with Gasteiger partial charge in [-0.25, -0.2) is 9.07 Å². The minimum atomic E-state index is -0.314. The molecule has 0 bridgehead atoms. The van der Waals surface area contributed by atoms with Crippen LogP contribution in [0.2, 0.25) is 0 Å². The maximum absolute atomic E-state index is 13.2. The first kappa shape index (κ1) is 11.4. The first-order valence-corrected chi connectivity index (χ1v) is 5.76. The lowest BCUT2D eigenvalue weighted by Crippen LogP contribution is -1.95. The highest BCUT2D eigenvalue weighted by Crippen LogP contribution is 2.23. The lowest BCUT2D eigenvalue weighted by Gasteiger charge is -2.00. The largest absolute Gasteiger partial charge is 0.396 e. The van der Waals surface area contributed by atoms with E-state index >= 15 is 0 Å². The van der Waals surface area contributed by atoms with Crippen LogP contribution in [0.15, 0.2) is 54.9 Å². The number of nitrogen functional groups attached to an aromatic ring is 1. The van der Waals surface area contributed by atoms with Crippen LogP contribution in [0.3, 0.4) is 0 Å². The van der Waals surface area contributed by atoms with E-state index in [0.717, 1.165) is 0 Å². The van der Waals surface area contributed by atoms with Crippen molar-refractivity contribution in [2.24, 2.45) is 0 Å². The Kier molecular flexibility index (Phi) is 2.72. The van der Waals surface area contributed by atoms with E-state index in [1.807, 2.05) is 18.2 Å². The molecule has 3 aromatic rings. The summed E-state index contributed by atoms with van der Waals surface area (Å²) < 4.78 is 14.7. The third-order valence-electron chi connectivity index (χ3n) is 2.72. The van der Waals surface area contributed by atoms with Crippen molar-refractivity contribution in [1.82, 2.24) is 14.8 Å². The summed E-state index contributed by atoms with van der Waals surface area (Å²) >= 11 is 0. The summed E-state index contributed by atoms with van der Waals surface area (Å²) in [6, 6.07) is 11.7. The van der Waals surface area contributed by atoms with Crippen molar-refractivity contribution in [2.75, 3.05) is 5.73 Å². The number of rotatable bonds is 2. The van der Waals surface area contributed by atoms with Crippen LogP contribution < -0.4 is 5.73 Å². The minimum absolute atomic E-state index is 0.314. The molecule has 3 rings (SSSR count). The molecule has 2 N–H and O–H groups in total. The Balaban J connectivity index is 2.07. The summed E-state index contributed by atoms with van der Waals surface area (Å²) in [5, 5.41) is 4.35. The SMILES string of the molecule is Nc1cn(-c2cccc(F)c2)nc1-c1ccccn1. The summed E-state index contributed by atoms with van der Waals surface area (Å²) in [5.74, 6) is -0.314. The number of benzene rings is 1. The fraction of sp³-hybridized carbons (Fsp3) is 0. The van der Waals surface area contributed by atoms with Crippen LogP contribution in [-0.4, -0.2) is 14.8 Å². The number of nitrogens with zero attached hydrogens (tertiary/aromatic N) is 3. The number of hydrogen-bond acceptors (Lipinski definition) is 3. The second kappa shape index (κ2) is 4.53.